The molecule has 2 bridgehead atoms. The molecule has 0 unspecified atom stereocenters. The Morgan fingerprint density at radius 2 is 2.13 bits per heavy atom. The first-order valence-corrected chi connectivity index (χ1v) is 6.29. The van der Waals surface area contributed by atoms with E-state index >= 15 is 0 Å². The third-order valence-electron chi connectivity index (χ3n) is 3.78. The van der Waals surface area contributed by atoms with E-state index < -0.39 is 0 Å². The molecule has 1 saturated carbocycles. The second-order valence-corrected chi connectivity index (χ2v) is 5.40. The normalized spacial score (nSPS) is 33.1. The van der Waals surface area contributed by atoms with E-state index in [4.69, 9.17) is 0 Å². The number of rotatable bonds is 6. The maximum Gasteiger partial charge on any atom is -0.00127 e. The SMILES string of the molecule is CN(C)CCCNC[C@H]1C[C@H]2C=C[C@H]1C2. The molecule has 2 nitrogen and oxygen atoms in total. The van der Waals surface area contributed by atoms with Crippen LogP contribution >= 0.6 is 0 Å². The highest BCUT2D eigenvalue weighted by atomic mass is 15.1. The van der Waals surface area contributed by atoms with E-state index in [9.17, 15) is 0 Å². The van der Waals surface area contributed by atoms with Crippen molar-refractivity contribution in [1.82, 2.24) is 10.2 Å². The monoisotopic (exact) mass is 208 g/mol. The Morgan fingerprint density at radius 1 is 1.27 bits per heavy atom. The number of nitrogens with zero attached hydrogens (tertiary/aromatic N) is 1. The lowest BCUT2D eigenvalue weighted by Gasteiger charge is -2.18. The molecule has 86 valence electrons. The Labute approximate surface area is 93.7 Å². The fraction of sp³-hybridized carbons (Fsp3) is 0.846. The average molecular weight is 208 g/mol. The summed E-state index contributed by atoms with van der Waals surface area (Å²) in [4.78, 5) is 2.25. The molecule has 2 aliphatic carbocycles. The van der Waals surface area contributed by atoms with Gasteiger partial charge in [0.2, 0.25) is 0 Å². The van der Waals surface area contributed by atoms with Gasteiger partial charge in [0.1, 0.15) is 0 Å². The van der Waals surface area contributed by atoms with Crippen molar-refractivity contribution in [2.75, 3.05) is 33.7 Å². The summed E-state index contributed by atoms with van der Waals surface area (Å²) in [5.41, 5.74) is 0. The molecule has 2 rings (SSSR count). The lowest BCUT2D eigenvalue weighted by Crippen LogP contribution is -2.28. The molecule has 2 aliphatic rings. The molecule has 0 radical (unpaired) electrons. The molecule has 0 heterocycles. The number of allylic oxidation sites excluding steroid dienone is 2. The van der Waals surface area contributed by atoms with Crippen molar-refractivity contribution in [2.45, 2.75) is 19.3 Å². The van der Waals surface area contributed by atoms with Gasteiger partial charge in [0, 0.05) is 0 Å². The Bertz CT molecular complexity index is 223. The second kappa shape index (κ2) is 5.13. The van der Waals surface area contributed by atoms with Gasteiger partial charge in [0.15, 0.2) is 0 Å². The first kappa shape index (κ1) is 11.2. The summed E-state index contributed by atoms with van der Waals surface area (Å²) in [6.07, 6.45) is 9.00. The van der Waals surface area contributed by atoms with Crippen molar-refractivity contribution < 1.29 is 0 Å². The lowest BCUT2D eigenvalue weighted by molar-refractivity contribution is 0.376. The van der Waals surface area contributed by atoms with Crippen LogP contribution in [-0.2, 0) is 0 Å². The summed E-state index contributed by atoms with van der Waals surface area (Å²) in [6, 6.07) is 0. The van der Waals surface area contributed by atoms with E-state index in [2.05, 4.69) is 36.5 Å². The minimum Gasteiger partial charge on any atom is -0.316 e. The minimum atomic E-state index is 0.899. The largest absolute Gasteiger partial charge is 0.316 e. The second-order valence-electron chi connectivity index (χ2n) is 5.40. The molecule has 0 amide bonds. The predicted molar refractivity (Wildman–Crippen MR) is 64.9 cm³/mol. The quantitative estimate of drug-likeness (QED) is 0.528. The van der Waals surface area contributed by atoms with Crippen molar-refractivity contribution in [3.63, 3.8) is 0 Å². The molecule has 3 atom stereocenters. The fourth-order valence-electron chi connectivity index (χ4n) is 2.94. The van der Waals surface area contributed by atoms with E-state index in [1.54, 1.807) is 0 Å². The van der Waals surface area contributed by atoms with Gasteiger partial charge in [-0.3, -0.25) is 0 Å². The Morgan fingerprint density at radius 3 is 2.73 bits per heavy atom. The topological polar surface area (TPSA) is 15.3 Å². The number of hydrogen-bond acceptors (Lipinski definition) is 2. The van der Waals surface area contributed by atoms with Crippen LogP contribution in [0.15, 0.2) is 12.2 Å². The van der Waals surface area contributed by atoms with Gasteiger partial charge in [-0.05, 0) is 70.7 Å². The molecule has 1 fully saturated rings. The number of nitrogens with one attached hydrogen (secondary N) is 1. The molecule has 0 aromatic heterocycles. The van der Waals surface area contributed by atoms with Crippen LogP contribution < -0.4 is 5.32 Å². The van der Waals surface area contributed by atoms with Crippen LogP contribution in [0.4, 0.5) is 0 Å². The van der Waals surface area contributed by atoms with E-state index in [-0.39, 0.29) is 0 Å². The van der Waals surface area contributed by atoms with Crippen molar-refractivity contribution in [2.24, 2.45) is 17.8 Å². The molecule has 0 aliphatic heterocycles. The Balaban J connectivity index is 1.54. The van der Waals surface area contributed by atoms with Crippen LogP contribution in [0.1, 0.15) is 19.3 Å². The van der Waals surface area contributed by atoms with Crippen LogP contribution in [0.5, 0.6) is 0 Å². The molecule has 0 aromatic rings. The summed E-state index contributed by atoms with van der Waals surface area (Å²) < 4.78 is 0. The molecule has 1 N–H and O–H groups in total. The van der Waals surface area contributed by atoms with Gasteiger partial charge in [0.25, 0.3) is 0 Å². The predicted octanol–water partition coefficient (Wildman–Crippen LogP) is 1.74. The smallest absolute Gasteiger partial charge is 0.00127 e. The summed E-state index contributed by atoms with van der Waals surface area (Å²) in [5, 5.41) is 3.61. The van der Waals surface area contributed by atoms with Crippen molar-refractivity contribution in [3.05, 3.63) is 12.2 Å². The standard InChI is InChI=1S/C13H24N2/c1-15(2)7-3-6-14-10-13-9-11-4-5-12(13)8-11/h4-5,11-14H,3,6-10H2,1-2H3/t11-,12-,13+/m0/s1. The first-order chi connectivity index (χ1) is 7.25. The van der Waals surface area contributed by atoms with Crippen molar-refractivity contribution in [3.8, 4) is 0 Å². The van der Waals surface area contributed by atoms with Gasteiger partial charge in [-0.1, -0.05) is 12.2 Å². The highest BCUT2D eigenvalue weighted by Gasteiger charge is 2.34. The Hall–Kier alpha value is -0.340. The maximum absolute atomic E-state index is 3.61. The van der Waals surface area contributed by atoms with Crippen LogP contribution in [0.2, 0.25) is 0 Å². The average Bonchev–Trinajstić information content (AvgIpc) is 2.78. The zero-order valence-corrected chi connectivity index (χ0v) is 10.1. The van der Waals surface area contributed by atoms with Crippen LogP contribution in [-0.4, -0.2) is 38.6 Å². The third-order valence-corrected chi connectivity index (χ3v) is 3.78. The zero-order valence-electron chi connectivity index (χ0n) is 10.1. The molecule has 15 heavy (non-hydrogen) atoms. The molecule has 0 aromatic carbocycles. The van der Waals surface area contributed by atoms with E-state index in [1.165, 1.54) is 38.9 Å². The maximum atomic E-state index is 3.61. The number of hydrogen-bond donors (Lipinski definition) is 1. The van der Waals surface area contributed by atoms with Gasteiger partial charge in [-0.2, -0.15) is 0 Å². The molecule has 0 saturated heterocycles. The molecular formula is C13H24N2. The third kappa shape index (κ3) is 3.05. The van der Waals surface area contributed by atoms with Crippen molar-refractivity contribution in [1.29, 1.82) is 0 Å². The summed E-state index contributed by atoms with van der Waals surface area (Å²) in [5.74, 6) is 2.75. The van der Waals surface area contributed by atoms with E-state index in [1.807, 2.05) is 0 Å². The van der Waals surface area contributed by atoms with Crippen LogP contribution in [0.3, 0.4) is 0 Å². The van der Waals surface area contributed by atoms with Gasteiger partial charge in [-0.25, -0.2) is 0 Å². The van der Waals surface area contributed by atoms with E-state index in [0.29, 0.717) is 0 Å². The highest BCUT2D eigenvalue weighted by Crippen LogP contribution is 2.42. The lowest BCUT2D eigenvalue weighted by atomic mass is 9.94. The van der Waals surface area contributed by atoms with Crippen LogP contribution in [0.25, 0.3) is 0 Å². The summed E-state index contributed by atoms with van der Waals surface area (Å²) in [7, 11) is 4.28. The fourth-order valence-corrected chi connectivity index (χ4v) is 2.94. The van der Waals surface area contributed by atoms with E-state index in [0.717, 1.165) is 17.8 Å². The first-order valence-electron chi connectivity index (χ1n) is 6.29. The van der Waals surface area contributed by atoms with Gasteiger partial charge >= 0.3 is 0 Å². The Kier molecular flexibility index (Phi) is 3.81. The van der Waals surface area contributed by atoms with Gasteiger partial charge in [0.05, 0.1) is 0 Å². The summed E-state index contributed by atoms with van der Waals surface area (Å²) >= 11 is 0. The minimum absolute atomic E-state index is 0.899. The zero-order chi connectivity index (χ0) is 10.7. The summed E-state index contributed by atoms with van der Waals surface area (Å²) in [6.45, 7) is 3.61. The van der Waals surface area contributed by atoms with Gasteiger partial charge < -0.3 is 10.2 Å². The number of fused-ring (bicyclic) bond motifs is 2. The van der Waals surface area contributed by atoms with Gasteiger partial charge in [-0.15, -0.1) is 0 Å². The molecule has 0 spiro atoms. The van der Waals surface area contributed by atoms with Crippen molar-refractivity contribution >= 4 is 0 Å². The molecule has 2 heteroatoms. The molecular weight excluding hydrogens is 184 g/mol. The van der Waals surface area contributed by atoms with Crippen LogP contribution in [0, 0.1) is 17.8 Å². The highest BCUT2D eigenvalue weighted by molar-refractivity contribution is 5.10.